The zero-order valence-electron chi connectivity index (χ0n) is 11.7. The molecule has 2 aromatic carbocycles. The number of rotatable bonds is 6. The lowest BCUT2D eigenvalue weighted by Gasteiger charge is -2.14. The number of carboxylic acid groups (broad SMARTS) is 1. The van der Waals surface area contributed by atoms with Gasteiger partial charge in [-0.3, -0.25) is 0 Å². The molecule has 0 aromatic heterocycles. The maximum atomic E-state index is 11.5. The molecular formula is C17H17NO3. The van der Waals surface area contributed by atoms with Gasteiger partial charge in [-0.25, -0.2) is 4.79 Å². The van der Waals surface area contributed by atoms with E-state index in [1.165, 1.54) is 0 Å². The second-order valence-corrected chi connectivity index (χ2v) is 4.37. The Morgan fingerprint density at radius 3 is 2.14 bits per heavy atom. The fourth-order valence-corrected chi connectivity index (χ4v) is 1.84. The number of hydrogen-bond acceptors (Lipinski definition) is 3. The fraction of sp³-hybridized carbons (Fsp3) is 0.118. The first-order valence-electron chi connectivity index (χ1n) is 6.72. The van der Waals surface area contributed by atoms with Gasteiger partial charge in [-0.15, -0.1) is 0 Å². The molecule has 0 spiro atoms. The number of ether oxygens (including phenoxy) is 1. The lowest BCUT2D eigenvalue weighted by atomic mass is 10.2. The van der Waals surface area contributed by atoms with Crippen LogP contribution in [0.1, 0.15) is 13.3 Å². The molecule has 0 aliphatic heterocycles. The van der Waals surface area contributed by atoms with Crippen LogP contribution in [0, 0.1) is 0 Å². The molecule has 2 N–H and O–H groups in total. The Labute approximate surface area is 123 Å². The molecule has 0 unspecified atom stereocenters. The summed E-state index contributed by atoms with van der Waals surface area (Å²) in [4.78, 5) is 11.5. The molecule has 2 rings (SSSR count). The number of allylic oxidation sites excluding steroid dienone is 1. The summed E-state index contributed by atoms with van der Waals surface area (Å²) in [7, 11) is 0. The molecule has 0 bridgehead atoms. The highest BCUT2D eigenvalue weighted by atomic mass is 16.5. The van der Waals surface area contributed by atoms with E-state index in [4.69, 9.17) is 4.74 Å². The predicted molar refractivity (Wildman–Crippen MR) is 82.1 cm³/mol. The predicted octanol–water partition coefficient (Wildman–Crippen LogP) is 3.88. The highest BCUT2D eigenvalue weighted by Gasteiger charge is 2.16. The van der Waals surface area contributed by atoms with E-state index in [1.807, 2.05) is 43.3 Å². The van der Waals surface area contributed by atoms with E-state index in [2.05, 4.69) is 5.32 Å². The standard InChI is InChI=1S/C17H17NO3/c1-2-15(18-13-9-5-3-6-10-13)16(17(19)20)21-14-11-7-4-8-12-14/h3-12,18H,2H2,1H3,(H,19,20). The number of carbonyl (C=O) groups is 1. The van der Waals surface area contributed by atoms with Crippen LogP contribution in [0.2, 0.25) is 0 Å². The molecule has 108 valence electrons. The summed E-state index contributed by atoms with van der Waals surface area (Å²) in [6, 6.07) is 18.3. The Bertz CT molecular complexity index is 621. The van der Waals surface area contributed by atoms with Crippen molar-refractivity contribution < 1.29 is 14.6 Å². The smallest absolute Gasteiger partial charge is 0.373 e. The number of para-hydroxylation sites is 2. The molecule has 0 amide bonds. The van der Waals surface area contributed by atoms with Gasteiger partial charge in [-0.1, -0.05) is 43.3 Å². The monoisotopic (exact) mass is 283 g/mol. The van der Waals surface area contributed by atoms with Crippen molar-refractivity contribution in [2.75, 3.05) is 5.32 Å². The highest BCUT2D eigenvalue weighted by molar-refractivity contribution is 5.86. The second-order valence-electron chi connectivity index (χ2n) is 4.37. The van der Waals surface area contributed by atoms with Crippen molar-refractivity contribution in [2.24, 2.45) is 0 Å². The van der Waals surface area contributed by atoms with Crippen LogP contribution in [0.25, 0.3) is 0 Å². The van der Waals surface area contributed by atoms with E-state index in [1.54, 1.807) is 24.3 Å². The van der Waals surface area contributed by atoms with Gasteiger partial charge < -0.3 is 15.2 Å². The Morgan fingerprint density at radius 1 is 1.05 bits per heavy atom. The summed E-state index contributed by atoms with van der Waals surface area (Å²) < 4.78 is 5.52. The first-order chi connectivity index (χ1) is 10.2. The van der Waals surface area contributed by atoms with Gasteiger partial charge in [0, 0.05) is 5.69 Å². The van der Waals surface area contributed by atoms with Gasteiger partial charge in [0.25, 0.3) is 0 Å². The minimum atomic E-state index is -1.10. The molecule has 4 nitrogen and oxygen atoms in total. The zero-order chi connectivity index (χ0) is 15.1. The van der Waals surface area contributed by atoms with Gasteiger partial charge in [0.1, 0.15) is 5.75 Å². The summed E-state index contributed by atoms with van der Waals surface area (Å²) in [6.07, 6.45) is 0.517. The average Bonchev–Trinajstić information content (AvgIpc) is 2.52. The third-order valence-electron chi connectivity index (χ3n) is 2.85. The van der Waals surface area contributed by atoms with Crippen molar-refractivity contribution in [3.63, 3.8) is 0 Å². The Morgan fingerprint density at radius 2 is 1.62 bits per heavy atom. The number of hydrogen-bond donors (Lipinski definition) is 2. The molecule has 0 radical (unpaired) electrons. The van der Waals surface area contributed by atoms with Crippen LogP contribution >= 0.6 is 0 Å². The van der Waals surface area contributed by atoms with Gasteiger partial charge in [-0.2, -0.15) is 0 Å². The van der Waals surface area contributed by atoms with Crippen molar-refractivity contribution >= 4 is 11.7 Å². The van der Waals surface area contributed by atoms with Crippen LogP contribution in [0.4, 0.5) is 5.69 Å². The van der Waals surface area contributed by atoms with E-state index in [0.29, 0.717) is 17.9 Å². The molecule has 0 atom stereocenters. The van der Waals surface area contributed by atoms with Gasteiger partial charge in [-0.05, 0) is 30.7 Å². The minimum absolute atomic E-state index is 0.0902. The normalized spacial score (nSPS) is 11.5. The molecular weight excluding hydrogens is 266 g/mol. The van der Waals surface area contributed by atoms with E-state index >= 15 is 0 Å². The maximum absolute atomic E-state index is 11.5. The summed E-state index contributed by atoms with van der Waals surface area (Å²) in [5.41, 5.74) is 1.35. The quantitative estimate of drug-likeness (QED) is 0.624. The molecule has 0 heterocycles. The van der Waals surface area contributed by atoms with Crippen LogP contribution in [-0.2, 0) is 4.79 Å². The van der Waals surface area contributed by atoms with Crippen molar-refractivity contribution in [1.29, 1.82) is 0 Å². The molecule has 0 saturated carbocycles. The molecule has 0 aliphatic rings. The summed E-state index contributed by atoms with van der Waals surface area (Å²) >= 11 is 0. The summed E-state index contributed by atoms with van der Waals surface area (Å²) in [5, 5.41) is 12.5. The Kier molecular flexibility index (Phi) is 4.99. The van der Waals surface area contributed by atoms with E-state index in [-0.39, 0.29) is 5.76 Å². The van der Waals surface area contributed by atoms with Crippen molar-refractivity contribution in [3.05, 3.63) is 72.1 Å². The fourth-order valence-electron chi connectivity index (χ4n) is 1.84. The molecule has 21 heavy (non-hydrogen) atoms. The van der Waals surface area contributed by atoms with Crippen LogP contribution in [0.15, 0.2) is 72.1 Å². The number of anilines is 1. The minimum Gasteiger partial charge on any atom is -0.475 e. The van der Waals surface area contributed by atoms with E-state index in [9.17, 15) is 9.90 Å². The lowest BCUT2D eigenvalue weighted by molar-refractivity contribution is -0.135. The average molecular weight is 283 g/mol. The topological polar surface area (TPSA) is 58.6 Å². The molecule has 4 heteroatoms. The Hall–Kier alpha value is -2.75. The van der Waals surface area contributed by atoms with Crippen LogP contribution in [0.5, 0.6) is 5.75 Å². The second kappa shape index (κ2) is 7.14. The first-order valence-corrected chi connectivity index (χ1v) is 6.72. The molecule has 2 aromatic rings. The zero-order valence-corrected chi connectivity index (χ0v) is 11.7. The van der Waals surface area contributed by atoms with Crippen LogP contribution in [-0.4, -0.2) is 11.1 Å². The van der Waals surface area contributed by atoms with E-state index in [0.717, 1.165) is 5.69 Å². The highest BCUT2D eigenvalue weighted by Crippen LogP contribution is 2.19. The van der Waals surface area contributed by atoms with Gasteiger partial charge in [0.2, 0.25) is 5.76 Å². The largest absolute Gasteiger partial charge is 0.475 e. The SMILES string of the molecule is CCC(Nc1ccccc1)=C(Oc1ccccc1)C(=O)O. The van der Waals surface area contributed by atoms with Crippen molar-refractivity contribution in [2.45, 2.75) is 13.3 Å². The van der Waals surface area contributed by atoms with E-state index < -0.39 is 5.97 Å². The first kappa shape index (κ1) is 14.7. The van der Waals surface area contributed by atoms with Gasteiger partial charge in [0.05, 0.1) is 5.70 Å². The molecule has 0 aliphatic carbocycles. The van der Waals surface area contributed by atoms with Crippen LogP contribution in [0.3, 0.4) is 0 Å². The summed E-state index contributed by atoms with van der Waals surface area (Å²) in [5.74, 6) is -0.692. The lowest BCUT2D eigenvalue weighted by Crippen LogP contribution is -2.15. The number of aliphatic carboxylic acids is 1. The van der Waals surface area contributed by atoms with Gasteiger partial charge in [0.15, 0.2) is 0 Å². The van der Waals surface area contributed by atoms with Gasteiger partial charge >= 0.3 is 5.97 Å². The van der Waals surface area contributed by atoms with Crippen LogP contribution < -0.4 is 10.1 Å². The van der Waals surface area contributed by atoms with Crippen molar-refractivity contribution in [1.82, 2.24) is 0 Å². The van der Waals surface area contributed by atoms with Crippen molar-refractivity contribution in [3.8, 4) is 5.75 Å². The number of nitrogens with one attached hydrogen (secondary N) is 1. The molecule has 0 saturated heterocycles. The summed E-state index contributed by atoms with van der Waals surface area (Å²) in [6.45, 7) is 1.88. The third-order valence-corrected chi connectivity index (χ3v) is 2.85. The number of carboxylic acids is 1. The number of benzene rings is 2. The Balaban J connectivity index is 2.29. The third kappa shape index (κ3) is 4.11. The molecule has 0 fully saturated rings. The maximum Gasteiger partial charge on any atom is 0.373 e.